The third-order valence-electron chi connectivity index (χ3n) is 0.458. The van der Waals surface area contributed by atoms with Gasteiger partial charge >= 0.3 is 0 Å². The van der Waals surface area contributed by atoms with Gasteiger partial charge in [-0.05, 0) is 6.42 Å². The van der Waals surface area contributed by atoms with Gasteiger partial charge in [0.2, 0.25) is 0 Å². The van der Waals surface area contributed by atoms with Crippen LogP contribution in [-0.4, -0.2) is 12.9 Å². The predicted molar refractivity (Wildman–Crippen MR) is 35.1 cm³/mol. The molecule has 0 heterocycles. The molecule has 2 N–H and O–H groups in total. The summed E-state index contributed by atoms with van der Waals surface area (Å²) in [5, 5.41) is 0. The zero-order chi connectivity index (χ0) is 4.83. The zero-order valence-electron chi connectivity index (χ0n) is 4.42. The molecule has 0 spiro atoms. The van der Waals surface area contributed by atoms with Crippen molar-refractivity contribution < 1.29 is 0 Å². The maximum atomic E-state index is 4.92. The first-order chi connectivity index (χ1) is 2.91. The highest BCUT2D eigenvalue weighted by Gasteiger charge is 1.65. The number of nitrogens with two attached hydrogens (primary N) is 1. The van der Waals surface area contributed by atoms with Crippen LogP contribution in [-0.2, 0) is 0 Å². The van der Waals surface area contributed by atoms with Crippen molar-refractivity contribution in [2.45, 2.75) is 13.3 Å². The first kappa shape index (κ1) is 9.90. The number of rotatable bonds is 2. The van der Waals surface area contributed by atoms with Crippen molar-refractivity contribution >= 4 is 18.7 Å². The molecule has 44 valence electrons. The molecule has 0 aliphatic carbocycles. The summed E-state index contributed by atoms with van der Waals surface area (Å²) in [4.78, 5) is 3.74. The van der Waals surface area contributed by atoms with Gasteiger partial charge in [-0.25, -0.2) is 0 Å². The van der Waals surface area contributed by atoms with E-state index in [-0.39, 0.29) is 12.4 Å². The Hall–Kier alpha value is -0.240. The highest BCUT2D eigenvalue weighted by atomic mass is 35.5. The average Bonchev–Trinajstić information content (AvgIpc) is 1.61. The molecule has 0 saturated carbocycles. The van der Waals surface area contributed by atoms with Crippen LogP contribution in [0.15, 0.2) is 4.99 Å². The Morgan fingerprint density at radius 2 is 2.29 bits per heavy atom. The van der Waals surface area contributed by atoms with Crippen LogP contribution in [0.3, 0.4) is 0 Å². The Morgan fingerprint density at radius 3 is 2.43 bits per heavy atom. The smallest absolute Gasteiger partial charge is 0.0797 e. The summed E-state index contributed by atoms with van der Waals surface area (Å²) in [6.07, 6.45) is 2.41. The monoisotopic (exact) mass is 122 g/mol. The molecule has 0 rings (SSSR count). The van der Waals surface area contributed by atoms with Gasteiger partial charge in [-0.2, -0.15) is 0 Å². The molecule has 3 heteroatoms. The van der Waals surface area contributed by atoms with Gasteiger partial charge in [0, 0.05) is 6.54 Å². The van der Waals surface area contributed by atoms with E-state index in [1.807, 2.05) is 0 Å². The van der Waals surface area contributed by atoms with Gasteiger partial charge in [0.1, 0.15) is 0 Å². The SMILES string of the molecule is CCCN=CN.Cl. The van der Waals surface area contributed by atoms with Crippen LogP contribution in [0, 0.1) is 0 Å². The van der Waals surface area contributed by atoms with Gasteiger partial charge in [0.15, 0.2) is 0 Å². The van der Waals surface area contributed by atoms with Crippen molar-refractivity contribution in [2.75, 3.05) is 6.54 Å². The summed E-state index contributed by atoms with van der Waals surface area (Å²) in [5.74, 6) is 0. The van der Waals surface area contributed by atoms with Gasteiger partial charge in [0.25, 0.3) is 0 Å². The van der Waals surface area contributed by atoms with Crippen LogP contribution in [0.1, 0.15) is 13.3 Å². The van der Waals surface area contributed by atoms with Crippen molar-refractivity contribution in [3.63, 3.8) is 0 Å². The minimum atomic E-state index is 0. The van der Waals surface area contributed by atoms with Crippen molar-refractivity contribution in [3.05, 3.63) is 0 Å². The fraction of sp³-hybridized carbons (Fsp3) is 0.750. The van der Waals surface area contributed by atoms with Crippen molar-refractivity contribution in [1.29, 1.82) is 0 Å². The van der Waals surface area contributed by atoms with Crippen LogP contribution in [0.2, 0.25) is 0 Å². The molecule has 0 aromatic carbocycles. The molecular weight excluding hydrogens is 112 g/mol. The van der Waals surface area contributed by atoms with E-state index in [0.717, 1.165) is 13.0 Å². The summed E-state index contributed by atoms with van der Waals surface area (Å²) in [6, 6.07) is 0. The van der Waals surface area contributed by atoms with Crippen LogP contribution >= 0.6 is 12.4 Å². The second-order valence-electron chi connectivity index (χ2n) is 1.06. The molecule has 7 heavy (non-hydrogen) atoms. The molecule has 0 atom stereocenters. The lowest BCUT2D eigenvalue weighted by molar-refractivity contribution is 0.935. The van der Waals surface area contributed by atoms with E-state index >= 15 is 0 Å². The van der Waals surface area contributed by atoms with Crippen LogP contribution in [0.4, 0.5) is 0 Å². The lowest BCUT2D eigenvalue weighted by atomic mass is 10.5. The molecule has 0 aliphatic heterocycles. The molecule has 0 bridgehead atoms. The largest absolute Gasteiger partial charge is 0.390 e. The number of halogens is 1. The molecule has 0 amide bonds. The van der Waals surface area contributed by atoms with Crippen LogP contribution < -0.4 is 5.73 Å². The van der Waals surface area contributed by atoms with Gasteiger partial charge in [0.05, 0.1) is 6.34 Å². The summed E-state index contributed by atoms with van der Waals surface area (Å²) in [7, 11) is 0. The normalized spacial score (nSPS) is 8.71. The fourth-order valence-electron chi connectivity index (χ4n) is 0.204. The summed E-state index contributed by atoms with van der Waals surface area (Å²) in [6.45, 7) is 2.92. The Morgan fingerprint density at radius 1 is 1.71 bits per heavy atom. The third kappa shape index (κ3) is 10.7. The molecule has 0 aromatic heterocycles. The quantitative estimate of drug-likeness (QED) is 0.427. The second kappa shape index (κ2) is 9.23. The van der Waals surface area contributed by atoms with E-state index < -0.39 is 0 Å². The Kier molecular flexibility index (Phi) is 13.1. The van der Waals surface area contributed by atoms with Crippen molar-refractivity contribution in [2.24, 2.45) is 10.7 Å². The average molecular weight is 123 g/mol. The highest BCUT2D eigenvalue weighted by molar-refractivity contribution is 5.85. The topological polar surface area (TPSA) is 38.4 Å². The maximum Gasteiger partial charge on any atom is 0.0797 e. The number of nitrogens with zero attached hydrogens (tertiary/aromatic N) is 1. The van der Waals surface area contributed by atoms with E-state index in [2.05, 4.69) is 11.9 Å². The molecule has 0 aromatic rings. The minimum Gasteiger partial charge on any atom is -0.390 e. The standard InChI is InChI=1S/C4H10N2.ClH/c1-2-3-6-4-5;/h4H,2-3H2,1H3,(H2,5,6);1H. The van der Waals surface area contributed by atoms with E-state index in [1.165, 1.54) is 6.34 Å². The molecule has 0 unspecified atom stereocenters. The number of aliphatic imine (C=N–C) groups is 1. The first-order valence-corrected chi connectivity index (χ1v) is 2.11. The highest BCUT2D eigenvalue weighted by Crippen LogP contribution is 1.71. The third-order valence-corrected chi connectivity index (χ3v) is 0.458. The lowest BCUT2D eigenvalue weighted by Crippen LogP contribution is -1.89. The van der Waals surface area contributed by atoms with Crippen molar-refractivity contribution in [3.8, 4) is 0 Å². The summed E-state index contributed by atoms with van der Waals surface area (Å²) in [5.41, 5.74) is 4.92. The minimum absolute atomic E-state index is 0. The van der Waals surface area contributed by atoms with E-state index in [4.69, 9.17) is 5.73 Å². The van der Waals surface area contributed by atoms with Gasteiger partial charge in [-0.3, -0.25) is 4.99 Å². The van der Waals surface area contributed by atoms with Gasteiger partial charge in [-0.1, -0.05) is 6.92 Å². The molecule has 0 radical (unpaired) electrons. The fourth-order valence-corrected chi connectivity index (χ4v) is 0.204. The summed E-state index contributed by atoms with van der Waals surface area (Å²) >= 11 is 0. The predicted octanol–water partition coefficient (Wildman–Crippen LogP) is 0.805. The van der Waals surface area contributed by atoms with E-state index in [9.17, 15) is 0 Å². The molecule has 0 aliphatic rings. The van der Waals surface area contributed by atoms with E-state index in [0.29, 0.717) is 0 Å². The number of hydrogen-bond donors (Lipinski definition) is 1. The van der Waals surface area contributed by atoms with Crippen LogP contribution in [0.25, 0.3) is 0 Å². The van der Waals surface area contributed by atoms with Crippen LogP contribution in [0.5, 0.6) is 0 Å². The number of hydrogen-bond acceptors (Lipinski definition) is 1. The van der Waals surface area contributed by atoms with Gasteiger partial charge in [-0.15, -0.1) is 12.4 Å². The molecule has 0 fully saturated rings. The molecular formula is C4H11ClN2. The Balaban J connectivity index is 0. The second-order valence-corrected chi connectivity index (χ2v) is 1.06. The van der Waals surface area contributed by atoms with Crippen molar-refractivity contribution in [1.82, 2.24) is 0 Å². The molecule has 2 nitrogen and oxygen atoms in total. The molecule has 0 saturated heterocycles. The lowest BCUT2D eigenvalue weighted by Gasteiger charge is -1.77. The maximum absolute atomic E-state index is 4.92. The first-order valence-electron chi connectivity index (χ1n) is 2.11. The zero-order valence-corrected chi connectivity index (χ0v) is 5.24. The van der Waals surface area contributed by atoms with E-state index in [1.54, 1.807) is 0 Å². The summed E-state index contributed by atoms with van der Waals surface area (Å²) < 4.78 is 0. The Labute approximate surface area is 50.2 Å². The van der Waals surface area contributed by atoms with Gasteiger partial charge < -0.3 is 5.73 Å². The Bertz CT molecular complexity index is 45.0.